The highest BCUT2D eigenvalue weighted by Gasteiger charge is 2.22. The Balaban J connectivity index is 1.42. The second-order valence-corrected chi connectivity index (χ2v) is 9.39. The molecule has 2 aliphatic rings. The zero-order valence-corrected chi connectivity index (χ0v) is 21.5. The molecule has 0 unspecified atom stereocenters. The van der Waals surface area contributed by atoms with Gasteiger partial charge in [-0.2, -0.15) is 0 Å². The molecule has 0 aromatic heterocycles. The molecule has 37 heavy (non-hydrogen) atoms. The van der Waals surface area contributed by atoms with Gasteiger partial charge in [0.05, 0.1) is 26.4 Å². The summed E-state index contributed by atoms with van der Waals surface area (Å²) in [7, 11) is 3.88. The summed E-state index contributed by atoms with van der Waals surface area (Å²) < 4.78 is 33.5. The van der Waals surface area contributed by atoms with Gasteiger partial charge in [-0.1, -0.05) is 12.8 Å². The first kappa shape index (κ1) is 26.7. The standard InChI is InChI=1S/C28H34BO8/c1-32-27(30)23-15-13-21(17-25(23)34-19-9-5-3-6-10-19)36-29-37-22-14-16-24(28(31)33-2)26(18-22)35-20-11-7-4-8-12-20/h13-20H,3-12H2,1-2H3. The van der Waals surface area contributed by atoms with Crippen LogP contribution in [0.15, 0.2) is 36.4 Å². The third-order valence-corrected chi connectivity index (χ3v) is 6.78. The number of hydrogen-bond donors (Lipinski definition) is 0. The van der Waals surface area contributed by atoms with Crippen LogP contribution in [0.5, 0.6) is 23.0 Å². The molecule has 197 valence electrons. The first-order valence-electron chi connectivity index (χ1n) is 13.0. The lowest BCUT2D eigenvalue weighted by Gasteiger charge is -2.24. The minimum absolute atomic E-state index is 0.0588. The number of carbonyl (C=O) groups is 2. The number of methoxy groups -OCH3 is 2. The van der Waals surface area contributed by atoms with Gasteiger partial charge in [0.1, 0.15) is 34.1 Å². The van der Waals surface area contributed by atoms with Crippen molar-refractivity contribution >= 4 is 19.6 Å². The van der Waals surface area contributed by atoms with Crippen LogP contribution in [0, 0.1) is 0 Å². The molecule has 2 fully saturated rings. The van der Waals surface area contributed by atoms with Crippen molar-refractivity contribution in [3.8, 4) is 23.0 Å². The van der Waals surface area contributed by atoms with Gasteiger partial charge in [0.15, 0.2) is 0 Å². The number of ether oxygens (including phenoxy) is 4. The second kappa shape index (κ2) is 13.3. The van der Waals surface area contributed by atoms with E-state index in [2.05, 4.69) is 0 Å². The van der Waals surface area contributed by atoms with Crippen LogP contribution >= 0.6 is 0 Å². The van der Waals surface area contributed by atoms with E-state index >= 15 is 0 Å². The van der Waals surface area contributed by atoms with E-state index in [4.69, 9.17) is 28.3 Å². The number of rotatable bonds is 10. The molecule has 0 atom stereocenters. The fraction of sp³-hybridized carbons (Fsp3) is 0.500. The molecular weight excluding hydrogens is 475 g/mol. The van der Waals surface area contributed by atoms with Crippen molar-refractivity contribution in [2.75, 3.05) is 14.2 Å². The molecule has 1 radical (unpaired) electrons. The van der Waals surface area contributed by atoms with Crippen molar-refractivity contribution in [2.45, 2.75) is 76.4 Å². The van der Waals surface area contributed by atoms with E-state index in [-0.39, 0.29) is 12.2 Å². The average Bonchev–Trinajstić information content (AvgIpc) is 2.94. The molecule has 9 heteroatoms. The molecule has 8 nitrogen and oxygen atoms in total. The monoisotopic (exact) mass is 509 g/mol. The van der Waals surface area contributed by atoms with Crippen molar-refractivity contribution in [3.63, 3.8) is 0 Å². The normalized spacial score (nSPS) is 16.4. The van der Waals surface area contributed by atoms with Crippen LogP contribution in [-0.4, -0.2) is 46.1 Å². The summed E-state index contributed by atoms with van der Waals surface area (Å²) >= 11 is 0. The Hall–Kier alpha value is -3.36. The number of benzene rings is 2. The molecule has 2 aromatic carbocycles. The summed E-state index contributed by atoms with van der Waals surface area (Å²) in [6, 6.07) is 9.87. The van der Waals surface area contributed by atoms with Crippen LogP contribution in [0.25, 0.3) is 0 Å². The SMILES string of the molecule is COC(=O)c1ccc(O[B]Oc2ccc(C(=O)OC)c(OC3CCCCC3)c2)cc1OC1CCCCC1. The molecule has 0 bridgehead atoms. The lowest BCUT2D eigenvalue weighted by Crippen LogP contribution is -2.21. The molecule has 2 aliphatic carbocycles. The Morgan fingerprint density at radius 3 is 1.43 bits per heavy atom. The molecular formula is C28H34BO8. The first-order valence-corrected chi connectivity index (χ1v) is 13.0. The van der Waals surface area contributed by atoms with Gasteiger partial charge in [-0.05, 0) is 75.6 Å². The molecule has 0 amide bonds. The Kier molecular flexibility index (Phi) is 9.57. The van der Waals surface area contributed by atoms with Crippen LogP contribution in [0.1, 0.15) is 84.9 Å². The highest BCUT2D eigenvalue weighted by molar-refractivity contribution is 6.20. The van der Waals surface area contributed by atoms with E-state index in [0.29, 0.717) is 34.1 Å². The average molecular weight is 509 g/mol. The minimum atomic E-state index is -0.464. The molecule has 4 rings (SSSR count). The van der Waals surface area contributed by atoms with E-state index in [9.17, 15) is 9.59 Å². The second-order valence-electron chi connectivity index (χ2n) is 9.39. The Bertz CT molecular complexity index is 977. The summed E-state index contributed by atoms with van der Waals surface area (Å²) in [4.78, 5) is 24.5. The van der Waals surface area contributed by atoms with Gasteiger partial charge in [0.25, 0.3) is 0 Å². The van der Waals surface area contributed by atoms with Crippen LogP contribution in [-0.2, 0) is 9.47 Å². The van der Waals surface area contributed by atoms with Gasteiger partial charge in [-0.25, -0.2) is 9.59 Å². The van der Waals surface area contributed by atoms with Crippen molar-refractivity contribution in [3.05, 3.63) is 47.5 Å². The highest BCUT2D eigenvalue weighted by atomic mass is 16.6. The zero-order valence-electron chi connectivity index (χ0n) is 21.5. The molecule has 0 saturated heterocycles. The maximum Gasteiger partial charge on any atom is 0.658 e. The molecule has 0 aliphatic heterocycles. The van der Waals surface area contributed by atoms with Gasteiger partial charge in [-0.15, -0.1) is 0 Å². The van der Waals surface area contributed by atoms with Crippen LogP contribution in [0.4, 0.5) is 0 Å². The predicted octanol–water partition coefficient (Wildman–Crippen LogP) is 5.67. The van der Waals surface area contributed by atoms with Crippen molar-refractivity contribution in [2.24, 2.45) is 0 Å². The predicted molar refractivity (Wildman–Crippen MR) is 138 cm³/mol. The van der Waals surface area contributed by atoms with Crippen molar-refractivity contribution in [1.82, 2.24) is 0 Å². The Morgan fingerprint density at radius 2 is 1.05 bits per heavy atom. The van der Waals surface area contributed by atoms with Crippen LogP contribution in [0.2, 0.25) is 0 Å². The topological polar surface area (TPSA) is 89.5 Å². The van der Waals surface area contributed by atoms with E-state index in [1.807, 2.05) is 0 Å². The number of hydrogen-bond acceptors (Lipinski definition) is 8. The fourth-order valence-electron chi connectivity index (χ4n) is 4.76. The lowest BCUT2D eigenvalue weighted by atomic mass is 9.97. The maximum absolute atomic E-state index is 12.2. The van der Waals surface area contributed by atoms with E-state index < -0.39 is 11.9 Å². The largest absolute Gasteiger partial charge is 0.658 e. The summed E-state index contributed by atoms with van der Waals surface area (Å²) in [6.07, 6.45) is 10.8. The summed E-state index contributed by atoms with van der Waals surface area (Å²) in [6.45, 7) is 0. The third-order valence-electron chi connectivity index (χ3n) is 6.78. The maximum atomic E-state index is 12.2. The van der Waals surface area contributed by atoms with Gasteiger partial charge in [0.2, 0.25) is 0 Å². The van der Waals surface area contributed by atoms with E-state index in [0.717, 1.165) is 51.4 Å². The number of esters is 2. The molecule has 0 heterocycles. The zero-order chi connectivity index (χ0) is 26.0. The summed E-state index contributed by atoms with van der Waals surface area (Å²) in [5.41, 5.74) is 0.702. The van der Waals surface area contributed by atoms with Gasteiger partial charge in [-0.3, -0.25) is 0 Å². The lowest BCUT2D eigenvalue weighted by molar-refractivity contribution is 0.0580. The Labute approximate surface area is 218 Å². The Morgan fingerprint density at radius 1 is 0.649 bits per heavy atom. The summed E-state index contributed by atoms with van der Waals surface area (Å²) in [5, 5.41) is 0. The van der Waals surface area contributed by atoms with E-state index in [1.165, 1.54) is 34.7 Å². The summed E-state index contributed by atoms with van der Waals surface area (Å²) in [5.74, 6) is 0.819. The number of carbonyl (C=O) groups excluding carboxylic acids is 2. The van der Waals surface area contributed by atoms with E-state index in [1.54, 1.807) is 36.4 Å². The smallest absolute Gasteiger partial charge is 0.526 e. The van der Waals surface area contributed by atoms with Crippen LogP contribution in [0.3, 0.4) is 0 Å². The molecule has 0 spiro atoms. The fourth-order valence-corrected chi connectivity index (χ4v) is 4.76. The highest BCUT2D eigenvalue weighted by Crippen LogP contribution is 2.32. The third kappa shape index (κ3) is 7.34. The van der Waals surface area contributed by atoms with Crippen molar-refractivity contribution in [1.29, 1.82) is 0 Å². The van der Waals surface area contributed by atoms with Crippen molar-refractivity contribution < 1.29 is 37.8 Å². The van der Waals surface area contributed by atoms with Crippen LogP contribution < -0.4 is 18.8 Å². The van der Waals surface area contributed by atoms with Gasteiger partial charge < -0.3 is 28.3 Å². The quantitative estimate of drug-likeness (QED) is 0.299. The molecule has 2 saturated carbocycles. The molecule has 2 aromatic rings. The first-order chi connectivity index (χ1) is 18.1. The van der Waals surface area contributed by atoms with Gasteiger partial charge in [0, 0.05) is 12.1 Å². The van der Waals surface area contributed by atoms with Gasteiger partial charge >= 0.3 is 19.6 Å². The minimum Gasteiger partial charge on any atom is -0.526 e. The molecule has 0 N–H and O–H groups in total.